The smallest absolute Gasteiger partial charge is 0.129 e. The second-order valence-corrected chi connectivity index (χ2v) is 9.25. The monoisotopic (exact) mass is 467 g/mol. The number of amidine groups is 1. The van der Waals surface area contributed by atoms with Crippen LogP contribution in [0.4, 0.5) is 0 Å². The highest BCUT2D eigenvalue weighted by atomic mass is 35.5. The summed E-state index contributed by atoms with van der Waals surface area (Å²) in [5.74, 6) is 0.835. The van der Waals surface area contributed by atoms with Gasteiger partial charge >= 0.3 is 0 Å². The highest BCUT2D eigenvalue weighted by Crippen LogP contribution is 2.50. The summed E-state index contributed by atoms with van der Waals surface area (Å²) in [6, 6.07) is 7.69. The van der Waals surface area contributed by atoms with Gasteiger partial charge in [-0.15, -0.1) is 0 Å². The number of aryl methyl sites for hydroxylation is 1. The van der Waals surface area contributed by atoms with Gasteiger partial charge in [-0.05, 0) is 54.9 Å². The van der Waals surface area contributed by atoms with Crippen molar-refractivity contribution >= 4 is 35.3 Å². The van der Waals surface area contributed by atoms with Crippen molar-refractivity contribution < 1.29 is 0 Å². The SMILES string of the molecule is C=CN=C(/C=C/N=Cc1cccc(Cl)c1Cl)N1CCC2(CC1)Cc1cc(C)cnc1C2N. The number of pyridine rings is 1. The fourth-order valence-electron chi connectivity index (χ4n) is 4.69. The molecule has 32 heavy (non-hydrogen) atoms. The molecule has 166 valence electrons. The standard InChI is InChI=1S/C25H27Cl2N5/c1-3-30-21(7-10-29-16-18-5-4-6-20(26)22(18)27)32-11-8-25(9-12-32)14-19-13-17(2)15-31-23(19)24(25)28/h3-7,10,13,15-16,24H,1,8-9,11-12,14,28H2,2H3/b10-7+,29-16?,30-21?. The van der Waals surface area contributed by atoms with Crippen LogP contribution in [-0.4, -0.2) is 35.0 Å². The number of nitrogens with zero attached hydrogens (tertiary/aromatic N) is 4. The molecule has 1 fully saturated rings. The molecular weight excluding hydrogens is 441 g/mol. The van der Waals surface area contributed by atoms with Crippen molar-refractivity contribution in [1.82, 2.24) is 9.88 Å². The molecule has 1 aliphatic heterocycles. The van der Waals surface area contributed by atoms with Gasteiger partial charge in [0.15, 0.2) is 0 Å². The number of aliphatic imine (C=N–C) groups is 2. The first-order valence-corrected chi connectivity index (χ1v) is 11.5. The average Bonchev–Trinajstić information content (AvgIpc) is 3.04. The predicted octanol–water partition coefficient (Wildman–Crippen LogP) is 5.51. The Labute approximate surface area is 199 Å². The maximum absolute atomic E-state index is 6.68. The summed E-state index contributed by atoms with van der Waals surface area (Å²) in [7, 11) is 0. The lowest BCUT2D eigenvalue weighted by molar-refractivity contribution is 0.127. The van der Waals surface area contributed by atoms with Crippen molar-refractivity contribution in [2.75, 3.05) is 13.1 Å². The molecule has 1 aromatic heterocycles. The van der Waals surface area contributed by atoms with E-state index in [1.807, 2.05) is 24.4 Å². The van der Waals surface area contributed by atoms with Crippen LogP contribution < -0.4 is 5.73 Å². The maximum Gasteiger partial charge on any atom is 0.129 e. The third kappa shape index (κ3) is 4.51. The molecule has 1 saturated heterocycles. The highest BCUT2D eigenvalue weighted by molar-refractivity contribution is 6.43. The number of likely N-dealkylation sites (tertiary alicyclic amines) is 1. The summed E-state index contributed by atoms with van der Waals surface area (Å²) in [4.78, 5) is 15.7. The van der Waals surface area contributed by atoms with Gasteiger partial charge in [0.25, 0.3) is 0 Å². The van der Waals surface area contributed by atoms with Crippen molar-refractivity contribution in [2.45, 2.75) is 32.2 Å². The predicted molar refractivity (Wildman–Crippen MR) is 134 cm³/mol. The van der Waals surface area contributed by atoms with Crippen molar-refractivity contribution in [1.29, 1.82) is 0 Å². The number of aromatic nitrogens is 1. The second kappa shape index (κ2) is 9.57. The van der Waals surface area contributed by atoms with E-state index in [2.05, 4.69) is 39.4 Å². The molecular formula is C25H27Cl2N5. The third-order valence-electron chi connectivity index (χ3n) is 6.45. The van der Waals surface area contributed by atoms with E-state index in [0.29, 0.717) is 10.0 Å². The summed E-state index contributed by atoms with van der Waals surface area (Å²) in [5, 5.41) is 1.000. The summed E-state index contributed by atoms with van der Waals surface area (Å²) >= 11 is 12.3. The Morgan fingerprint density at radius 2 is 2.09 bits per heavy atom. The first kappa shape index (κ1) is 22.7. The van der Waals surface area contributed by atoms with E-state index < -0.39 is 0 Å². The molecule has 0 amide bonds. The minimum atomic E-state index is -0.0115. The molecule has 2 N–H and O–H groups in total. The van der Waals surface area contributed by atoms with Gasteiger partial charge in [-0.3, -0.25) is 9.98 Å². The molecule has 0 radical (unpaired) electrons. The lowest BCUT2D eigenvalue weighted by Gasteiger charge is -2.42. The topological polar surface area (TPSA) is 66.9 Å². The molecule has 1 atom stereocenters. The zero-order chi connectivity index (χ0) is 22.7. The van der Waals surface area contributed by atoms with Gasteiger partial charge in [0.05, 0.1) is 21.8 Å². The Morgan fingerprint density at radius 1 is 1.31 bits per heavy atom. The zero-order valence-corrected chi connectivity index (χ0v) is 19.7. The van der Waals surface area contributed by atoms with E-state index in [0.717, 1.165) is 49.4 Å². The van der Waals surface area contributed by atoms with E-state index in [1.165, 1.54) is 11.1 Å². The molecule has 1 aliphatic carbocycles. The second-order valence-electron chi connectivity index (χ2n) is 8.47. The van der Waals surface area contributed by atoms with Crippen LogP contribution in [-0.2, 0) is 6.42 Å². The van der Waals surface area contributed by atoms with Crippen LogP contribution in [0.25, 0.3) is 0 Å². The van der Waals surface area contributed by atoms with Crippen molar-refractivity contribution in [3.8, 4) is 0 Å². The number of rotatable bonds is 4. The summed E-state index contributed by atoms with van der Waals surface area (Å²) in [5.41, 5.74) is 11.1. The van der Waals surface area contributed by atoms with Crippen LogP contribution in [0.5, 0.6) is 0 Å². The van der Waals surface area contributed by atoms with Crippen LogP contribution in [0, 0.1) is 12.3 Å². The van der Waals surface area contributed by atoms with Gasteiger partial charge in [-0.1, -0.05) is 48.0 Å². The lowest BCUT2D eigenvalue weighted by atomic mass is 9.73. The average molecular weight is 468 g/mol. The minimum Gasteiger partial charge on any atom is -0.357 e. The Balaban J connectivity index is 1.43. The normalized spacial score (nSPS) is 20.4. The number of benzene rings is 1. The molecule has 2 aromatic rings. The third-order valence-corrected chi connectivity index (χ3v) is 7.28. The molecule has 1 spiro atoms. The molecule has 2 aliphatic rings. The fourth-order valence-corrected chi connectivity index (χ4v) is 5.04. The summed E-state index contributed by atoms with van der Waals surface area (Å²) in [6.07, 6.45) is 11.8. The summed E-state index contributed by atoms with van der Waals surface area (Å²) in [6.45, 7) is 7.60. The van der Waals surface area contributed by atoms with E-state index in [9.17, 15) is 0 Å². The Morgan fingerprint density at radius 3 is 2.84 bits per heavy atom. The van der Waals surface area contributed by atoms with E-state index in [4.69, 9.17) is 28.9 Å². The van der Waals surface area contributed by atoms with Gasteiger partial charge in [0.2, 0.25) is 0 Å². The van der Waals surface area contributed by atoms with Gasteiger partial charge in [-0.25, -0.2) is 4.99 Å². The summed E-state index contributed by atoms with van der Waals surface area (Å²) < 4.78 is 0. The number of hydrogen-bond donors (Lipinski definition) is 1. The fraction of sp³-hybridized carbons (Fsp3) is 0.320. The first-order chi connectivity index (χ1) is 15.4. The number of hydrogen-bond acceptors (Lipinski definition) is 4. The molecule has 0 saturated carbocycles. The van der Waals surface area contributed by atoms with Gasteiger partial charge in [-0.2, -0.15) is 0 Å². The molecule has 1 aromatic carbocycles. The minimum absolute atomic E-state index is 0.0115. The quantitative estimate of drug-likeness (QED) is 0.475. The van der Waals surface area contributed by atoms with E-state index in [1.54, 1.807) is 24.7 Å². The van der Waals surface area contributed by atoms with E-state index >= 15 is 0 Å². The Bertz CT molecular complexity index is 1100. The van der Waals surface area contributed by atoms with Crippen LogP contribution in [0.2, 0.25) is 10.0 Å². The van der Waals surface area contributed by atoms with Gasteiger partial charge in [0.1, 0.15) is 5.84 Å². The molecule has 1 unspecified atom stereocenters. The van der Waals surface area contributed by atoms with Crippen LogP contribution in [0.15, 0.2) is 65.5 Å². The Kier molecular flexibility index (Phi) is 6.79. The number of halogens is 2. The zero-order valence-electron chi connectivity index (χ0n) is 18.1. The first-order valence-electron chi connectivity index (χ1n) is 10.7. The van der Waals surface area contributed by atoms with Crippen LogP contribution in [0.3, 0.4) is 0 Å². The van der Waals surface area contributed by atoms with Crippen molar-refractivity contribution in [3.63, 3.8) is 0 Å². The molecule has 4 rings (SSSR count). The van der Waals surface area contributed by atoms with Crippen molar-refractivity contribution in [2.24, 2.45) is 21.1 Å². The van der Waals surface area contributed by atoms with Gasteiger partial charge in [0, 0.05) is 43.5 Å². The molecule has 0 bridgehead atoms. The number of fused-ring (bicyclic) bond motifs is 1. The van der Waals surface area contributed by atoms with E-state index in [-0.39, 0.29) is 11.5 Å². The molecule has 5 nitrogen and oxygen atoms in total. The van der Waals surface area contributed by atoms with Crippen molar-refractivity contribution in [3.05, 3.63) is 87.9 Å². The van der Waals surface area contributed by atoms with Crippen LogP contribution in [0.1, 0.15) is 41.3 Å². The largest absolute Gasteiger partial charge is 0.357 e. The number of nitrogens with two attached hydrogens (primary N) is 1. The maximum atomic E-state index is 6.68. The van der Waals surface area contributed by atoms with Crippen LogP contribution >= 0.6 is 23.2 Å². The Hall–Kier alpha value is -2.47. The van der Waals surface area contributed by atoms with Gasteiger partial charge < -0.3 is 10.6 Å². The molecule has 2 heterocycles. The number of piperidine rings is 1. The lowest BCUT2D eigenvalue weighted by Crippen LogP contribution is -2.46. The highest BCUT2D eigenvalue weighted by Gasteiger charge is 2.47. The molecule has 7 heteroatoms.